The number of rotatable bonds is 4. The van der Waals surface area contributed by atoms with Crippen LogP contribution in [0, 0.1) is 6.92 Å². The second-order valence-electron chi connectivity index (χ2n) is 3.64. The summed E-state index contributed by atoms with van der Waals surface area (Å²) in [5, 5.41) is 3.28. The van der Waals surface area contributed by atoms with E-state index in [1.54, 1.807) is 14.0 Å². The van der Waals surface area contributed by atoms with Crippen LogP contribution in [0.3, 0.4) is 0 Å². The van der Waals surface area contributed by atoms with Crippen molar-refractivity contribution >= 4 is 17.5 Å². The zero-order chi connectivity index (χ0) is 13.0. The van der Waals surface area contributed by atoms with Crippen molar-refractivity contribution in [2.24, 2.45) is 0 Å². The predicted octanol–water partition coefficient (Wildman–Crippen LogP) is 2.45. The van der Waals surface area contributed by atoms with E-state index in [1.807, 2.05) is 24.3 Å². The number of aromatic nitrogens is 3. The highest BCUT2D eigenvalue weighted by molar-refractivity contribution is 6.28. The van der Waals surface area contributed by atoms with Gasteiger partial charge in [-0.05, 0) is 24.6 Å². The molecule has 2 aromatic rings. The van der Waals surface area contributed by atoms with Crippen molar-refractivity contribution in [3.05, 3.63) is 40.9 Å². The Kier molecular flexibility index (Phi) is 3.94. The number of hydrogen-bond donors (Lipinski definition) is 1. The summed E-state index contributed by atoms with van der Waals surface area (Å²) in [4.78, 5) is 12.0. The molecule has 0 bridgehead atoms. The van der Waals surface area contributed by atoms with Crippen molar-refractivity contribution in [3.8, 4) is 5.75 Å². The van der Waals surface area contributed by atoms with E-state index >= 15 is 0 Å². The van der Waals surface area contributed by atoms with Crippen LogP contribution in [-0.2, 0) is 6.54 Å². The van der Waals surface area contributed by atoms with E-state index in [0.29, 0.717) is 18.3 Å². The van der Waals surface area contributed by atoms with Gasteiger partial charge in [-0.25, -0.2) is 4.98 Å². The fourth-order valence-electron chi connectivity index (χ4n) is 1.55. The number of para-hydroxylation sites is 1. The van der Waals surface area contributed by atoms with Crippen molar-refractivity contribution in [2.45, 2.75) is 13.5 Å². The van der Waals surface area contributed by atoms with Gasteiger partial charge in [0.05, 0.1) is 7.11 Å². The number of aryl methyl sites for hydroxylation is 1. The van der Waals surface area contributed by atoms with Crippen LogP contribution in [-0.4, -0.2) is 22.1 Å². The van der Waals surface area contributed by atoms with Crippen LogP contribution < -0.4 is 10.1 Å². The second kappa shape index (κ2) is 5.64. The normalized spacial score (nSPS) is 10.2. The maximum atomic E-state index is 5.76. The van der Waals surface area contributed by atoms with Crippen LogP contribution >= 0.6 is 11.6 Å². The molecule has 18 heavy (non-hydrogen) atoms. The van der Waals surface area contributed by atoms with Crippen LogP contribution in [0.25, 0.3) is 0 Å². The Bertz CT molecular complexity index is 527. The predicted molar refractivity (Wildman–Crippen MR) is 69.9 cm³/mol. The molecular formula is C12H13ClN4O. The molecule has 0 saturated carbocycles. The first-order valence-corrected chi connectivity index (χ1v) is 5.81. The van der Waals surface area contributed by atoms with Crippen molar-refractivity contribution in [2.75, 3.05) is 12.4 Å². The van der Waals surface area contributed by atoms with Crippen molar-refractivity contribution in [1.29, 1.82) is 0 Å². The molecule has 1 aromatic heterocycles. The molecule has 1 aromatic carbocycles. The molecule has 6 heteroatoms. The number of benzene rings is 1. The summed E-state index contributed by atoms with van der Waals surface area (Å²) in [6.07, 6.45) is 0. The smallest absolute Gasteiger partial charge is 0.227 e. The molecule has 2 rings (SSSR count). The first kappa shape index (κ1) is 12.6. The number of halogens is 1. The second-order valence-corrected chi connectivity index (χ2v) is 3.98. The van der Waals surface area contributed by atoms with E-state index in [0.717, 1.165) is 11.3 Å². The molecule has 0 aliphatic heterocycles. The van der Waals surface area contributed by atoms with Gasteiger partial charge < -0.3 is 10.1 Å². The zero-order valence-electron chi connectivity index (χ0n) is 10.1. The van der Waals surface area contributed by atoms with Gasteiger partial charge in [-0.2, -0.15) is 9.97 Å². The molecule has 1 N–H and O–H groups in total. The lowest BCUT2D eigenvalue weighted by atomic mass is 10.2. The van der Waals surface area contributed by atoms with Crippen LogP contribution in [0.2, 0.25) is 5.28 Å². The summed E-state index contributed by atoms with van der Waals surface area (Å²) in [6.45, 7) is 2.33. The Morgan fingerprint density at radius 1 is 1.22 bits per heavy atom. The molecule has 0 spiro atoms. The molecule has 94 valence electrons. The van der Waals surface area contributed by atoms with E-state index in [4.69, 9.17) is 16.3 Å². The van der Waals surface area contributed by atoms with Crippen molar-refractivity contribution < 1.29 is 4.74 Å². The molecule has 0 aliphatic rings. The number of ether oxygens (including phenoxy) is 1. The summed E-state index contributed by atoms with van der Waals surface area (Å²) in [6, 6.07) is 7.75. The molecule has 1 heterocycles. The Hall–Kier alpha value is -1.88. The van der Waals surface area contributed by atoms with Gasteiger partial charge in [0, 0.05) is 12.1 Å². The fraction of sp³-hybridized carbons (Fsp3) is 0.250. The lowest BCUT2D eigenvalue weighted by Crippen LogP contribution is -2.06. The summed E-state index contributed by atoms with van der Waals surface area (Å²) >= 11 is 5.76. The third-order valence-corrected chi connectivity index (χ3v) is 2.52. The molecule has 0 fully saturated rings. The number of methoxy groups -OCH3 is 1. The fourth-order valence-corrected chi connectivity index (χ4v) is 1.75. The minimum absolute atomic E-state index is 0.185. The monoisotopic (exact) mass is 264 g/mol. The van der Waals surface area contributed by atoms with Gasteiger partial charge in [0.15, 0.2) is 0 Å². The van der Waals surface area contributed by atoms with Gasteiger partial charge in [-0.1, -0.05) is 18.2 Å². The maximum absolute atomic E-state index is 5.76. The topological polar surface area (TPSA) is 59.9 Å². The summed E-state index contributed by atoms with van der Waals surface area (Å²) in [7, 11) is 1.64. The van der Waals surface area contributed by atoms with Gasteiger partial charge in [0.2, 0.25) is 11.2 Å². The van der Waals surface area contributed by atoms with E-state index in [1.165, 1.54) is 0 Å². The maximum Gasteiger partial charge on any atom is 0.227 e. The minimum atomic E-state index is 0.185. The summed E-state index contributed by atoms with van der Waals surface area (Å²) in [5.41, 5.74) is 1.02. The van der Waals surface area contributed by atoms with Gasteiger partial charge in [0.25, 0.3) is 0 Å². The number of nitrogens with one attached hydrogen (secondary N) is 1. The molecule has 0 amide bonds. The third-order valence-electron chi connectivity index (χ3n) is 2.35. The summed E-state index contributed by atoms with van der Waals surface area (Å²) in [5.74, 6) is 1.86. The van der Waals surface area contributed by atoms with Crippen LogP contribution in [0.1, 0.15) is 11.4 Å². The highest BCUT2D eigenvalue weighted by Gasteiger charge is 2.04. The molecule has 0 radical (unpaired) electrons. The highest BCUT2D eigenvalue weighted by Crippen LogP contribution is 2.18. The largest absolute Gasteiger partial charge is 0.496 e. The molecule has 0 unspecified atom stereocenters. The molecular weight excluding hydrogens is 252 g/mol. The first-order chi connectivity index (χ1) is 8.69. The molecule has 5 nitrogen and oxygen atoms in total. The number of nitrogens with zero attached hydrogens (tertiary/aromatic N) is 3. The van der Waals surface area contributed by atoms with Gasteiger partial charge >= 0.3 is 0 Å². The SMILES string of the molecule is COc1ccccc1CNc1nc(C)nc(Cl)n1. The van der Waals surface area contributed by atoms with Gasteiger partial charge in [-0.15, -0.1) is 0 Å². The van der Waals surface area contributed by atoms with Crippen molar-refractivity contribution in [3.63, 3.8) is 0 Å². The Balaban J connectivity index is 2.11. The average Bonchev–Trinajstić information content (AvgIpc) is 2.35. The molecule has 0 atom stereocenters. The summed E-state index contributed by atoms with van der Waals surface area (Å²) < 4.78 is 5.26. The van der Waals surface area contributed by atoms with E-state index in [9.17, 15) is 0 Å². The van der Waals surface area contributed by atoms with E-state index in [2.05, 4.69) is 20.3 Å². The highest BCUT2D eigenvalue weighted by atomic mass is 35.5. The van der Waals surface area contributed by atoms with Gasteiger partial charge in [-0.3, -0.25) is 0 Å². The van der Waals surface area contributed by atoms with E-state index in [-0.39, 0.29) is 5.28 Å². The Morgan fingerprint density at radius 3 is 2.72 bits per heavy atom. The molecule has 0 saturated heterocycles. The zero-order valence-corrected chi connectivity index (χ0v) is 10.9. The molecule has 0 aliphatic carbocycles. The van der Waals surface area contributed by atoms with Gasteiger partial charge in [0.1, 0.15) is 11.6 Å². The van der Waals surface area contributed by atoms with Crippen LogP contribution in [0.15, 0.2) is 24.3 Å². The average molecular weight is 265 g/mol. The van der Waals surface area contributed by atoms with Crippen molar-refractivity contribution in [1.82, 2.24) is 15.0 Å². The minimum Gasteiger partial charge on any atom is -0.496 e. The standard InChI is InChI=1S/C12H13ClN4O/c1-8-15-11(13)17-12(16-8)14-7-9-5-3-4-6-10(9)18-2/h3-6H,7H2,1-2H3,(H,14,15,16,17). The Morgan fingerprint density at radius 2 is 2.00 bits per heavy atom. The Labute approximate surface area is 110 Å². The quantitative estimate of drug-likeness (QED) is 0.919. The number of hydrogen-bond acceptors (Lipinski definition) is 5. The number of anilines is 1. The third kappa shape index (κ3) is 3.07. The van der Waals surface area contributed by atoms with Crippen LogP contribution in [0.5, 0.6) is 5.75 Å². The van der Waals surface area contributed by atoms with E-state index < -0.39 is 0 Å². The lowest BCUT2D eigenvalue weighted by molar-refractivity contribution is 0.410. The lowest BCUT2D eigenvalue weighted by Gasteiger charge is -2.09. The van der Waals surface area contributed by atoms with Crippen LogP contribution in [0.4, 0.5) is 5.95 Å². The first-order valence-electron chi connectivity index (χ1n) is 5.43.